The van der Waals surface area contributed by atoms with Gasteiger partial charge in [0.25, 0.3) is 5.56 Å². The predicted octanol–water partition coefficient (Wildman–Crippen LogP) is 0.758. The molecule has 1 unspecified atom stereocenters. The molecule has 1 saturated heterocycles. The van der Waals surface area contributed by atoms with E-state index in [1.165, 1.54) is 5.69 Å². The Bertz CT molecular complexity index is 756. The summed E-state index contributed by atoms with van der Waals surface area (Å²) in [6.07, 6.45) is 2.23. The van der Waals surface area contributed by atoms with Crippen LogP contribution < -0.4 is 10.9 Å². The van der Waals surface area contributed by atoms with Gasteiger partial charge in [0.1, 0.15) is 5.82 Å². The molecule has 2 aromatic rings. The molecule has 2 aliphatic heterocycles. The van der Waals surface area contributed by atoms with Gasteiger partial charge in [0.15, 0.2) is 0 Å². The van der Waals surface area contributed by atoms with E-state index < -0.39 is 0 Å². The molecule has 0 radical (unpaired) electrons. The minimum absolute atomic E-state index is 0.0519. The fraction of sp³-hybridized carbons (Fsp3) is 0.588. The first kappa shape index (κ1) is 15.5. The lowest BCUT2D eigenvalue weighted by atomic mass is 9.94. The van der Waals surface area contributed by atoms with Crippen LogP contribution in [0.4, 0.5) is 0 Å². The molecule has 7 nitrogen and oxygen atoms in total. The number of aryl methyl sites for hydroxylation is 1. The van der Waals surface area contributed by atoms with E-state index in [1.807, 2.05) is 6.92 Å². The van der Waals surface area contributed by atoms with Crippen LogP contribution >= 0.6 is 0 Å². The third-order valence-corrected chi connectivity index (χ3v) is 4.91. The van der Waals surface area contributed by atoms with Gasteiger partial charge < -0.3 is 10.3 Å². The van der Waals surface area contributed by atoms with Crippen molar-refractivity contribution in [3.05, 3.63) is 45.4 Å². The van der Waals surface area contributed by atoms with Gasteiger partial charge in [-0.15, -0.1) is 0 Å². The van der Waals surface area contributed by atoms with Crippen molar-refractivity contribution in [3.8, 4) is 0 Å². The van der Waals surface area contributed by atoms with E-state index in [-0.39, 0.29) is 5.56 Å². The molecule has 1 fully saturated rings. The average molecular weight is 328 g/mol. The topological polar surface area (TPSA) is 78.8 Å². The standard InChI is InChI=1S/C17H24N6O/c1-12-19-16(8-17(24)20-12)13-3-2-5-22(10-13)11-14-7-15-9-18-4-6-23(15)21-14/h7-8,13,18H,2-6,9-11H2,1H3,(H,19,20,24). The molecule has 2 aromatic heterocycles. The van der Waals surface area contributed by atoms with Gasteiger partial charge >= 0.3 is 0 Å². The zero-order valence-electron chi connectivity index (χ0n) is 14.1. The largest absolute Gasteiger partial charge is 0.311 e. The number of H-pyrrole nitrogens is 1. The normalized spacial score (nSPS) is 21.6. The van der Waals surface area contributed by atoms with Gasteiger partial charge in [-0.1, -0.05) is 0 Å². The van der Waals surface area contributed by atoms with E-state index in [9.17, 15) is 4.79 Å². The second kappa shape index (κ2) is 6.49. The van der Waals surface area contributed by atoms with Gasteiger partial charge in [0, 0.05) is 38.2 Å². The van der Waals surface area contributed by atoms with Gasteiger partial charge in [-0.05, 0) is 32.4 Å². The SMILES string of the molecule is Cc1nc(C2CCCN(Cc3cc4n(n3)CCNC4)C2)cc(=O)[nH]1. The van der Waals surface area contributed by atoms with Crippen LogP contribution in [0.5, 0.6) is 0 Å². The number of piperidine rings is 1. The second-order valence-corrected chi connectivity index (χ2v) is 6.86. The number of hydrogen-bond acceptors (Lipinski definition) is 5. The fourth-order valence-electron chi connectivity index (χ4n) is 3.81. The maximum Gasteiger partial charge on any atom is 0.251 e. The molecule has 0 bridgehead atoms. The molecule has 0 saturated carbocycles. The molecular weight excluding hydrogens is 304 g/mol. The number of nitrogens with one attached hydrogen (secondary N) is 2. The summed E-state index contributed by atoms with van der Waals surface area (Å²) in [5.74, 6) is 1.03. The summed E-state index contributed by atoms with van der Waals surface area (Å²) in [5.41, 5.74) is 3.29. The Hall–Kier alpha value is -1.99. The number of aromatic nitrogens is 4. The molecule has 1 atom stereocenters. The molecule has 4 rings (SSSR count). The van der Waals surface area contributed by atoms with Crippen molar-refractivity contribution in [2.24, 2.45) is 0 Å². The van der Waals surface area contributed by atoms with Crippen LogP contribution in [0.3, 0.4) is 0 Å². The van der Waals surface area contributed by atoms with E-state index >= 15 is 0 Å². The highest BCUT2D eigenvalue weighted by Crippen LogP contribution is 2.26. The first-order valence-electron chi connectivity index (χ1n) is 8.74. The van der Waals surface area contributed by atoms with Crippen molar-refractivity contribution in [2.45, 2.75) is 45.3 Å². The maximum atomic E-state index is 11.7. The van der Waals surface area contributed by atoms with Crippen LogP contribution in [0.25, 0.3) is 0 Å². The van der Waals surface area contributed by atoms with E-state index in [0.717, 1.165) is 63.5 Å². The quantitative estimate of drug-likeness (QED) is 0.870. The lowest BCUT2D eigenvalue weighted by Crippen LogP contribution is -2.35. The summed E-state index contributed by atoms with van der Waals surface area (Å²) < 4.78 is 2.12. The number of hydrogen-bond donors (Lipinski definition) is 2. The molecule has 0 spiro atoms. The maximum absolute atomic E-state index is 11.7. The molecule has 7 heteroatoms. The van der Waals surface area contributed by atoms with Crippen molar-refractivity contribution < 1.29 is 0 Å². The third kappa shape index (κ3) is 3.27. The first-order valence-corrected chi connectivity index (χ1v) is 8.74. The lowest BCUT2D eigenvalue weighted by molar-refractivity contribution is 0.195. The summed E-state index contributed by atoms with van der Waals surface area (Å²) in [6, 6.07) is 3.87. The highest BCUT2D eigenvalue weighted by atomic mass is 16.1. The van der Waals surface area contributed by atoms with Crippen LogP contribution in [0.1, 0.15) is 41.7 Å². The average Bonchev–Trinajstić information content (AvgIpc) is 2.96. The van der Waals surface area contributed by atoms with E-state index in [0.29, 0.717) is 11.7 Å². The Morgan fingerprint density at radius 3 is 3.08 bits per heavy atom. The van der Waals surface area contributed by atoms with Crippen LogP contribution in [0.2, 0.25) is 0 Å². The van der Waals surface area contributed by atoms with Gasteiger partial charge in [0.05, 0.1) is 23.6 Å². The molecule has 4 heterocycles. The zero-order valence-corrected chi connectivity index (χ0v) is 14.1. The van der Waals surface area contributed by atoms with Gasteiger partial charge in [-0.25, -0.2) is 4.98 Å². The lowest BCUT2D eigenvalue weighted by Gasteiger charge is -2.31. The third-order valence-electron chi connectivity index (χ3n) is 4.91. The number of likely N-dealkylation sites (tertiary alicyclic amines) is 1. The summed E-state index contributed by atoms with van der Waals surface area (Å²) in [5, 5.41) is 8.12. The Kier molecular flexibility index (Phi) is 4.20. The van der Waals surface area contributed by atoms with Crippen molar-refractivity contribution in [1.82, 2.24) is 30.0 Å². The molecule has 2 N–H and O–H groups in total. The smallest absolute Gasteiger partial charge is 0.251 e. The van der Waals surface area contributed by atoms with Crippen LogP contribution in [0, 0.1) is 6.92 Å². The Balaban J connectivity index is 1.46. The molecule has 128 valence electrons. The number of fused-ring (bicyclic) bond motifs is 1. The van der Waals surface area contributed by atoms with Crippen LogP contribution in [-0.2, 0) is 19.6 Å². The van der Waals surface area contributed by atoms with Crippen molar-refractivity contribution in [2.75, 3.05) is 19.6 Å². The van der Waals surface area contributed by atoms with Gasteiger partial charge in [-0.2, -0.15) is 5.10 Å². The van der Waals surface area contributed by atoms with Crippen molar-refractivity contribution in [3.63, 3.8) is 0 Å². The molecule has 0 aliphatic carbocycles. The van der Waals surface area contributed by atoms with Crippen LogP contribution in [-0.4, -0.2) is 44.3 Å². The number of nitrogens with zero attached hydrogens (tertiary/aromatic N) is 4. The monoisotopic (exact) mass is 328 g/mol. The molecule has 0 aromatic carbocycles. The highest BCUT2D eigenvalue weighted by Gasteiger charge is 2.24. The molecule has 2 aliphatic rings. The summed E-state index contributed by atoms with van der Waals surface area (Å²) in [6.45, 7) is 7.59. The Morgan fingerprint density at radius 2 is 2.25 bits per heavy atom. The second-order valence-electron chi connectivity index (χ2n) is 6.86. The van der Waals surface area contributed by atoms with Gasteiger partial charge in [0.2, 0.25) is 0 Å². The van der Waals surface area contributed by atoms with E-state index in [1.54, 1.807) is 6.07 Å². The highest BCUT2D eigenvalue weighted by molar-refractivity contribution is 5.13. The first-order chi connectivity index (χ1) is 11.7. The molecule has 24 heavy (non-hydrogen) atoms. The van der Waals surface area contributed by atoms with Crippen LogP contribution in [0.15, 0.2) is 16.9 Å². The molecular formula is C17H24N6O. The predicted molar refractivity (Wildman–Crippen MR) is 90.8 cm³/mol. The minimum Gasteiger partial charge on any atom is -0.311 e. The number of rotatable bonds is 3. The van der Waals surface area contributed by atoms with Crippen molar-refractivity contribution >= 4 is 0 Å². The number of aromatic amines is 1. The van der Waals surface area contributed by atoms with E-state index in [2.05, 4.69) is 30.9 Å². The molecule has 0 amide bonds. The summed E-state index contributed by atoms with van der Waals surface area (Å²) in [7, 11) is 0. The van der Waals surface area contributed by atoms with Crippen molar-refractivity contribution in [1.29, 1.82) is 0 Å². The summed E-state index contributed by atoms with van der Waals surface area (Å²) in [4.78, 5) is 21.4. The van der Waals surface area contributed by atoms with Gasteiger partial charge in [-0.3, -0.25) is 14.4 Å². The van der Waals surface area contributed by atoms with E-state index in [4.69, 9.17) is 5.10 Å². The Labute approximate surface area is 141 Å². The minimum atomic E-state index is -0.0519. The Morgan fingerprint density at radius 1 is 1.33 bits per heavy atom. The summed E-state index contributed by atoms with van der Waals surface area (Å²) >= 11 is 0. The fourth-order valence-corrected chi connectivity index (χ4v) is 3.81. The zero-order chi connectivity index (χ0) is 16.5.